The molecule has 0 aliphatic carbocycles. The van der Waals surface area contributed by atoms with Crippen LogP contribution in [0.25, 0.3) is 0 Å². The molecule has 0 aromatic heterocycles. The summed E-state index contributed by atoms with van der Waals surface area (Å²) in [5.74, 6) is 1.11. The van der Waals surface area contributed by atoms with Gasteiger partial charge < -0.3 is 10.1 Å². The molecule has 1 N–H and O–H groups in total. The zero-order chi connectivity index (χ0) is 13.8. The largest absolute Gasteiger partial charge is 0.377 e. The normalized spacial score (nSPS) is 24.6. The summed E-state index contributed by atoms with van der Waals surface area (Å²) in [6.45, 7) is 7.45. The van der Waals surface area contributed by atoms with Crippen LogP contribution in [0.5, 0.6) is 0 Å². The van der Waals surface area contributed by atoms with Gasteiger partial charge in [0, 0.05) is 23.7 Å². The summed E-state index contributed by atoms with van der Waals surface area (Å²) in [5.41, 5.74) is 4.09. The standard InChI is InChI=1S/C16H25NOS/c1-11-7-12(2)9-14(8-11)15(17-4)10-19-16-5-6-18-13(16)3/h7-9,13,15-17H,5-6,10H2,1-4H3. The van der Waals surface area contributed by atoms with Crippen LogP contribution in [0.4, 0.5) is 0 Å². The van der Waals surface area contributed by atoms with Gasteiger partial charge in [-0.3, -0.25) is 0 Å². The van der Waals surface area contributed by atoms with Crippen LogP contribution in [-0.4, -0.2) is 30.8 Å². The first-order valence-corrected chi connectivity index (χ1v) is 8.13. The van der Waals surface area contributed by atoms with E-state index in [1.165, 1.54) is 23.1 Å². The minimum Gasteiger partial charge on any atom is -0.377 e. The fourth-order valence-electron chi connectivity index (χ4n) is 2.71. The molecule has 3 heteroatoms. The van der Waals surface area contributed by atoms with Crippen LogP contribution in [0.1, 0.15) is 36.1 Å². The Bertz CT molecular complexity index is 401. The van der Waals surface area contributed by atoms with E-state index >= 15 is 0 Å². The van der Waals surface area contributed by atoms with E-state index in [1.807, 2.05) is 11.8 Å². The number of aryl methyl sites for hydroxylation is 2. The average molecular weight is 279 g/mol. The van der Waals surface area contributed by atoms with E-state index in [9.17, 15) is 0 Å². The Morgan fingerprint density at radius 2 is 2.00 bits per heavy atom. The van der Waals surface area contributed by atoms with E-state index in [4.69, 9.17) is 4.74 Å². The molecule has 1 saturated heterocycles. The van der Waals surface area contributed by atoms with Crippen LogP contribution in [0.3, 0.4) is 0 Å². The summed E-state index contributed by atoms with van der Waals surface area (Å²) in [4.78, 5) is 0. The second-order valence-corrected chi connectivity index (χ2v) is 6.77. The molecule has 3 unspecified atom stereocenters. The molecular formula is C16H25NOS. The number of ether oxygens (including phenoxy) is 1. The molecule has 1 heterocycles. The first-order valence-electron chi connectivity index (χ1n) is 7.09. The lowest BCUT2D eigenvalue weighted by Gasteiger charge is -2.21. The van der Waals surface area contributed by atoms with Crippen molar-refractivity contribution in [2.45, 2.75) is 44.6 Å². The van der Waals surface area contributed by atoms with Crippen molar-refractivity contribution in [2.24, 2.45) is 0 Å². The first kappa shape index (κ1) is 14.9. The highest BCUT2D eigenvalue weighted by molar-refractivity contribution is 8.00. The van der Waals surface area contributed by atoms with Crippen molar-refractivity contribution in [3.05, 3.63) is 34.9 Å². The maximum Gasteiger partial charge on any atom is 0.0666 e. The van der Waals surface area contributed by atoms with Crippen LogP contribution in [0.2, 0.25) is 0 Å². The van der Waals surface area contributed by atoms with Gasteiger partial charge in [0.25, 0.3) is 0 Å². The van der Waals surface area contributed by atoms with E-state index in [2.05, 4.69) is 51.3 Å². The molecule has 1 aromatic rings. The highest BCUT2D eigenvalue weighted by Gasteiger charge is 2.25. The van der Waals surface area contributed by atoms with E-state index in [1.54, 1.807) is 0 Å². The summed E-state index contributed by atoms with van der Waals surface area (Å²) in [6, 6.07) is 7.25. The van der Waals surface area contributed by atoms with Gasteiger partial charge in [-0.15, -0.1) is 0 Å². The van der Waals surface area contributed by atoms with Crippen LogP contribution in [0, 0.1) is 13.8 Å². The van der Waals surface area contributed by atoms with Gasteiger partial charge in [-0.05, 0) is 39.8 Å². The number of nitrogens with one attached hydrogen (secondary N) is 1. The maximum atomic E-state index is 5.63. The van der Waals surface area contributed by atoms with Gasteiger partial charge in [0.1, 0.15) is 0 Å². The lowest BCUT2D eigenvalue weighted by molar-refractivity contribution is 0.127. The maximum absolute atomic E-state index is 5.63. The molecule has 1 fully saturated rings. The predicted octanol–water partition coefficient (Wildman–Crippen LogP) is 3.47. The summed E-state index contributed by atoms with van der Waals surface area (Å²) < 4.78 is 5.63. The molecule has 0 spiro atoms. The van der Waals surface area contributed by atoms with Crippen LogP contribution >= 0.6 is 11.8 Å². The van der Waals surface area contributed by atoms with E-state index < -0.39 is 0 Å². The summed E-state index contributed by atoms with van der Waals surface area (Å²) in [6.07, 6.45) is 1.59. The molecule has 106 valence electrons. The lowest BCUT2D eigenvalue weighted by Crippen LogP contribution is -2.22. The number of thioether (sulfide) groups is 1. The average Bonchev–Trinajstić information content (AvgIpc) is 2.75. The Kier molecular flexibility index (Phi) is 5.31. The van der Waals surface area contributed by atoms with E-state index in [0.717, 1.165) is 12.4 Å². The van der Waals surface area contributed by atoms with Crippen molar-refractivity contribution >= 4 is 11.8 Å². The Labute approximate surface area is 121 Å². The SMILES string of the molecule is CNC(CSC1CCOC1C)c1cc(C)cc(C)c1. The van der Waals surface area contributed by atoms with Crippen molar-refractivity contribution in [1.29, 1.82) is 0 Å². The van der Waals surface area contributed by atoms with Crippen molar-refractivity contribution in [1.82, 2.24) is 5.32 Å². The smallest absolute Gasteiger partial charge is 0.0666 e. The summed E-state index contributed by atoms with van der Waals surface area (Å²) in [5, 5.41) is 4.10. The molecular weight excluding hydrogens is 254 g/mol. The highest BCUT2D eigenvalue weighted by atomic mass is 32.2. The van der Waals surface area contributed by atoms with Crippen LogP contribution in [0.15, 0.2) is 18.2 Å². The van der Waals surface area contributed by atoms with Crippen molar-refractivity contribution in [3.63, 3.8) is 0 Å². The van der Waals surface area contributed by atoms with Crippen molar-refractivity contribution in [2.75, 3.05) is 19.4 Å². The Balaban J connectivity index is 1.99. The highest BCUT2D eigenvalue weighted by Crippen LogP contribution is 2.30. The molecule has 1 aliphatic heterocycles. The third kappa shape index (κ3) is 3.98. The minimum absolute atomic E-state index is 0.404. The zero-order valence-corrected chi connectivity index (χ0v) is 13.2. The predicted molar refractivity (Wildman–Crippen MR) is 84.0 cm³/mol. The first-order chi connectivity index (χ1) is 9.10. The molecule has 2 rings (SSSR count). The molecule has 0 saturated carbocycles. The topological polar surface area (TPSA) is 21.3 Å². The minimum atomic E-state index is 0.404. The Morgan fingerprint density at radius 3 is 2.53 bits per heavy atom. The fourth-order valence-corrected chi connectivity index (χ4v) is 4.12. The third-order valence-corrected chi connectivity index (χ3v) is 5.35. The molecule has 0 amide bonds. The van der Waals surface area contributed by atoms with Gasteiger partial charge in [0.15, 0.2) is 0 Å². The van der Waals surface area contributed by atoms with E-state index in [-0.39, 0.29) is 0 Å². The number of rotatable bonds is 5. The molecule has 2 nitrogen and oxygen atoms in total. The second kappa shape index (κ2) is 6.78. The van der Waals surface area contributed by atoms with Crippen LogP contribution < -0.4 is 5.32 Å². The van der Waals surface area contributed by atoms with Crippen molar-refractivity contribution in [3.8, 4) is 0 Å². The summed E-state index contributed by atoms with van der Waals surface area (Å²) in [7, 11) is 2.05. The van der Waals surface area contributed by atoms with Crippen molar-refractivity contribution < 1.29 is 4.74 Å². The van der Waals surface area contributed by atoms with Gasteiger partial charge in [0.2, 0.25) is 0 Å². The van der Waals surface area contributed by atoms with Crippen LogP contribution in [-0.2, 0) is 4.74 Å². The quantitative estimate of drug-likeness (QED) is 0.891. The zero-order valence-electron chi connectivity index (χ0n) is 12.4. The lowest BCUT2D eigenvalue weighted by atomic mass is 10.0. The molecule has 0 radical (unpaired) electrons. The number of hydrogen-bond acceptors (Lipinski definition) is 3. The van der Waals surface area contributed by atoms with Gasteiger partial charge >= 0.3 is 0 Å². The third-order valence-electron chi connectivity index (χ3n) is 3.78. The number of hydrogen-bond donors (Lipinski definition) is 1. The van der Waals surface area contributed by atoms with E-state index in [0.29, 0.717) is 17.4 Å². The molecule has 0 bridgehead atoms. The summed E-state index contributed by atoms with van der Waals surface area (Å²) >= 11 is 2.04. The molecule has 1 aliphatic rings. The second-order valence-electron chi connectivity index (χ2n) is 5.50. The van der Waals surface area contributed by atoms with Gasteiger partial charge in [0.05, 0.1) is 6.10 Å². The Hall–Kier alpha value is -0.510. The molecule has 3 atom stereocenters. The van der Waals surface area contributed by atoms with Gasteiger partial charge in [-0.2, -0.15) is 11.8 Å². The monoisotopic (exact) mass is 279 g/mol. The molecule has 19 heavy (non-hydrogen) atoms. The molecule has 1 aromatic carbocycles. The number of benzene rings is 1. The van der Waals surface area contributed by atoms with Gasteiger partial charge in [-0.1, -0.05) is 29.3 Å². The Morgan fingerprint density at radius 1 is 1.32 bits per heavy atom. The van der Waals surface area contributed by atoms with Gasteiger partial charge in [-0.25, -0.2) is 0 Å². The fraction of sp³-hybridized carbons (Fsp3) is 0.625.